The summed E-state index contributed by atoms with van der Waals surface area (Å²) in [5, 5.41) is 3.38. The molecule has 1 aromatic carbocycles. The van der Waals surface area contributed by atoms with Gasteiger partial charge in [-0.15, -0.1) is 0 Å². The Balaban J connectivity index is 2.13. The van der Waals surface area contributed by atoms with Gasteiger partial charge in [0, 0.05) is 32.0 Å². The summed E-state index contributed by atoms with van der Waals surface area (Å²) < 4.78 is 53.5. The highest BCUT2D eigenvalue weighted by Gasteiger charge is 2.29. The van der Waals surface area contributed by atoms with Gasteiger partial charge < -0.3 is 24.4 Å². The first-order chi connectivity index (χ1) is 15.7. The molecular weight excluding hydrogens is 441 g/mol. The lowest BCUT2D eigenvalue weighted by molar-refractivity contribution is -0.153. The van der Waals surface area contributed by atoms with E-state index in [4.69, 9.17) is 14.2 Å². The molecule has 1 fully saturated rings. The maximum absolute atomic E-state index is 12.6. The quantitative estimate of drug-likeness (QED) is 0.361. The number of carbonyl (C=O) groups excluding carboxylic acids is 2. The highest BCUT2D eigenvalue weighted by molar-refractivity contribution is 5.93. The highest BCUT2D eigenvalue weighted by Crippen LogP contribution is 2.34. The Morgan fingerprint density at radius 3 is 2.61 bits per heavy atom. The average Bonchev–Trinajstić information content (AvgIpc) is 2.76. The lowest BCUT2D eigenvalue weighted by Gasteiger charge is -2.31. The Morgan fingerprint density at radius 1 is 1.18 bits per heavy atom. The molecule has 1 unspecified atom stereocenters. The van der Waals surface area contributed by atoms with Gasteiger partial charge in [-0.05, 0) is 51.3 Å². The van der Waals surface area contributed by atoms with E-state index in [1.165, 1.54) is 30.0 Å². The van der Waals surface area contributed by atoms with Crippen LogP contribution in [0.15, 0.2) is 18.2 Å². The number of nitrogens with zero attached hydrogens (tertiary/aromatic N) is 1. The molecule has 1 aliphatic rings. The number of benzene rings is 1. The molecule has 0 aliphatic carbocycles. The summed E-state index contributed by atoms with van der Waals surface area (Å²) in [6.45, 7) is 3.57. The van der Waals surface area contributed by atoms with Gasteiger partial charge in [0.25, 0.3) is 0 Å². The summed E-state index contributed by atoms with van der Waals surface area (Å²) in [5.74, 6) is -0.147. The molecule has 10 heteroatoms. The van der Waals surface area contributed by atoms with E-state index in [9.17, 15) is 22.8 Å². The predicted molar refractivity (Wildman–Crippen MR) is 118 cm³/mol. The fourth-order valence-electron chi connectivity index (χ4n) is 3.57. The second-order valence-electron chi connectivity index (χ2n) is 7.92. The van der Waals surface area contributed by atoms with Gasteiger partial charge in [-0.2, -0.15) is 13.2 Å². The number of anilines is 1. The number of rotatable bonds is 12. The molecule has 0 bridgehead atoms. The van der Waals surface area contributed by atoms with Crippen LogP contribution in [0, 0.1) is 0 Å². The van der Waals surface area contributed by atoms with E-state index in [0.29, 0.717) is 37.4 Å². The molecule has 1 heterocycles. The summed E-state index contributed by atoms with van der Waals surface area (Å²) in [6, 6.07) is 4.39. The number of nitrogens with one attached hydrogen (secondary N) is 1. The van der Waals surface area contributed by atoms with Gasteiger partial charge in [-0.1, -0.05) is 6.42 Å². The zero-order valence-corrected chi connectivity index (χ0v) is 19.2. The Bertz CT molecular complexity index is 767. The molecule has 1 amide bonds. The number of unbranched alkanes of at least 4 members (excludes halogenated alkanes) is 1. The van der Waals surface area contributed by atoms with Crippen molar-refractivity contribution in [3.05, 3.63) is 18.2 Å². The first-order valence-electron chi connectivity index (χ1n) is 11.3. The van der Waals surface area contributed by atoms with Crippen LogP contribution < -0.4 is 19.7 Å². The molecule has 33 heavy (non-hydrogen) atoms. The zero-order valence-electron chi connectivity index (χ0n) is 19.2. The SMILES string of the molecule is CCOC(=O)CCCCOc1ccc(OCC(F)(F)F)cc1N(CC1CCCCN1)C(C)=O. The minimum absolute atomic E-state index is 0.000149. The Kier molecular flexibility index (Phi) is 10.8. The predicted octanol–water partition coefficient (Wildman–Crippen LogP) is 4.23. The average molecular weight is 475 g/mol. The second-order valence-corrected chi connectivity index (χ2v) is 7.92. The third-order valence-corrected chi connectivity index (χ3v) is 5.16. The maximum atomic E-state index is 12.6. The van der Waals surface area contributed by atoms with E-state index in [2.05, 4.69) is 5.32 Å². The number of halogens is 3. The van der Waals surface area contributed by atoms with Crippen LogP contribution in [-0.4, -0.2) is 57.0 Å². The number of hydrogen-bond donors (Lipinski definition) is 1. The van der Waals surface area contributed by atoms with Crippen molar-refractivity contribution < 1.29 is 37.0 Å². The van der Waals surface area contributed by atoms with Gasteiger partial charge in [-0.3, -0.25) is 9.59 Å². The Morgan fingerprint density at radius 2 is 1.97 bits per heavy atom. The standard InChI is InChI=1S/C23H33F3N2O5/c1-3-31-22(30)9-5-7-13-32-21-11-10-19(33-16-23(24,25)26)14-20(21)28(17(2)29)15-18-8-4-6-12-27-18/h10-11,14,18,27H,3-9,12-13,15-16H2,1-2H3. The number of esters is 1. The molecule has 7 nitrogen and oxygen atoms in total. The molecule has 186 valence electrons. The van der Waals surface area contributed by atoms with Gasteiger partial charge in [0.15, 0.2) is 6.61 Å². The summed E-state index contributed by atoms with van der Waals surface area (Å²) in [5.41, 5.74) is 0.361. The largest absolute Gasteiger partial charge is 0.491 e. The van der Waals surface area contributed by atoms with E-state index in [1.807, 2.05) is 0 Å². The van der Waals surface area contributed by atoms with Crippen molar-refractivity contribution in [2.45, 2.75) is 64.6 Å². The zero-order chi connectivity index (χ0) is 24.3. The summed E-state index contributed by atoms with van der Waals surface area (Å²) in [7, 11) is 0. The minimum Gasteiger partial charge on any atom is -0.491 e. The molecule has 1 atom stereocenters. The first kappa shape index (κ1) is 26.8. The first-order valence-corrected chi connectivity index (χ1v) is 11.3. The van der Waals surface area contributed by atoms with Gasteiger partial charge in [0.2, 0.25) is 5.91 Å². The van der Waals surface area contributed by atoms with Crippen molar-refractivity contribution in [2.24, 2.45) is 0 Å². The molecule has 0 spiro atoms. The number of amides is 1. The molecule has 0 saturated carbocycles. The minimum atomic E-state index is -4.47. The van der Waals surface area contributed by atoms with Crippen LogP contribution in [-0.2, 0) is 14.3 Å². The summed E-state index contributed by atoms with van der Waals surface area (Å²) >= 11 is 0. The van der Waals surface area contributed by atoms with E-state index in [1.54, 1.807) is 6.92 Å². The number of ether oxygens (including phenoxy) is 3. The lowest BCUT2D eigenvalue weighted by Crippen LogP contribution is -2.45. The van der Waals surface area contributed by atoms with Crippen LogP contribution in [0.2, 0.25) is 0 Å². The van der Waals surface area contributed by atoms with Crippen LogP contribution in [0.1, 0.15) is 52.4 Å². The number of piperidine rings is 1. The highest BCUT2D eigenvalue weighted by atomic mass is 19.4. The molecule has 1 N–H and O–H groups in total. The Hall–Kier alpha value is -2.49. The van der Waals surface area contributed by atoms with Crippen molar-refractivity contribution in [1.82, 2.24) is 5.32 Å². The topological polar surface area (TPSA) is 77.1 Å². The van der Waals surface area contributed by atoms with Gasteiger partial charge >= 0.3 is 12.1 Å². The van der Waals surface area contributed by atoms with Crippen molar-refractivity contribution in [2.75, 3.05) is 37.8 Å². The van der Waals surface area contributed by atoms with E-state index < -0.39 is 12.8 Å². The van der Waals surface area contributed by atoms with E-state index in [-0.39, 0.29) is 36.7 Å². The van der Waals surface area contributed by atoms with Crippen molar-refractivity contribution in [3.8, 4) is 11.5 Å². The molecule has 2 rings (SSSR count). The number of hydrogen-bond acceptors (Lipinski definition) is 6. The molecule has 0 radical (unpaired) electrons. The normalized spacial score (nSPS) is 16.2. The van der Waals surface area contributed by atoms with Gasteiger partial charge in [0.1, 0.15) is 11.5 Å². The van der Waals surface area contributed by atoms with Crippen LogP contribution in [0.5, 0.6) is 11.5 Å². The summed E-state index contributed by atoms with van der Waals surface area (Å²) in [6.07, 6.45) is -0.0303. The van der Waals surface area contributed by atoms with Crippen LogP contribution in [0.4, 0.5) is 18.9 Å². The molecule has 1 aromatic rings. The smallest absolute Gasteiger partial charge is 0.422 e. The fraction of sp³-hybridized carbons (Fsp3) is 0.652. The van der Waals surface area contributed by atoms with Crippen LogP contribution in [0.3, 0.4) is 0 Å². The monoisotopic (exact) mass is 474 g/mol. The van der Waals surface area contributed by atoms with E-state index >= 15 is 0 Å². The van der Waals surface area contributed by atoms with Crippen LogP contribution in [0.25, 0.3) is 0 Å². The van der Waals surface area contributed by atoms with Gasteiger partial charge in [0.05, 0.1) is 18.9 Å². The second kappa shape index (κ2) is 13.3. The summed E-state index contributed by atoms with van der Waals surface area (Å²) in [4.78, 5) is 25.4. The van der Waals surface area contributed by atoms with Crippen molar-refractivity contribution >= 4 is 17.6 Å². The van der Waals surface area contributed by atoms with Gasteiger partial charge in [-0.25, -0.2) is 0 Å². The molecule has 1 aliphatic heterocycles. The van der Waals surface area contributed by atoms with Crippen molar-refractivity contribution in [3.63, 3.8) is 0 Å². The lowest BCUT2D eigenvalue weighted by atomic mass is 10.0. The molecule has 1 saturated heterocycles. The number of alkyl halides is 3. The van der Waals surface area contributed by atoms with Crippen LogP contribution >= 0.6 is 0 Å². The fourth-order valence-corrected chi connectivity index (χ4v) is 3.57. The maximum Gasteiger partial charge on any atom is 0.422 e. The van der Waals surface area contributed by atoms with E-state index in [0.717, 1.165) is 25.8 Å². The van der Waals surface area contributed by atoms with Crippen molar-refractivity contribution in [1.29, 1.82) is 0 Å². The third kappa shape index (κ3) is 9.89. The Labute approximate surface area is 192 Å². The molecular formula is C23H33F3N2O5. The third-order valence-electron chi connectivity index (χ3n) is 5.16. The molecule has 0 aromatic heterocycles. The number of carbonyl (C=O) groups is 2.